The van der Waals surface area contributed by atoms with Gasteiger partial charge in [-0.3, -0.25) is 4.79 Å². The second-order valence-corrected chi connectivity index (χ2v) is 4.05. The lowest BCUT2D eigenvalue weighted by Gasteiger charge is -2.10. The van der Waals surface area contributed by atoms with Crippen LogP contribution in [0, 0.1) is 0 Å². The highest BCUT2D eigenvalue weighted by Gasteiger charge is 2.14. The number of methoxy groups -OCH3 is 1. The van der Waals surface area contributed by atoms with Gasteiger partial charge in [-0.15, -0.1) is 0 Å². The Balaban J connectivity index is 2.88. The number of ether oxygens (including phenoxy) is 3. The number of hydrogen-bond acceptors (Lipinski definition) is 5. The number of carbonyl (C=O) groups is 2. The monoisotopic (exact) mass is 280 g/mol. The Morgan fingerprint density at radius 2 is 1.80 bits per heavy atom. The molecule has 1 aromatic rings. The van der Waals surface area contributed by atoms with Gasteiger partial charge in [-0.05, 0) is 44.0 Å². The maximum atomic E-state index is 11.9. The number of rotatable bonds is 7. The molecule has 0 fully saturated rings. The van der Waals surface area contributed by atoms with E-state index in [1.54, 1.807) is 39.2 Å². The number of esters is 2. The average molecular weight is 280 g/mol. The summed E-state index contributed by atoms with van der Waals surface area (Å²) in [5.74, 6) is -0.0453. The van der Waals surface area contributed by atoms with Gasteiger partial charge in [0.15, 0.2) is 0 Å². The molecule has 0 N–H and O–H groups in total. The molecule has 0 heterocycles. The zero-order valence-electron chi connectivity index (χ0n) is 12.1. The molecule has 110 valence electrons. The van der Waals surface area contributed by atoms with Crippen LogP contribution in [0.2, 0.25) is 0 Å². The van der Waals surface area contributed by atoms with E-state index < -0.39 is 5.97 Å². The Hall–Kier alpha value is -2.04. The smallest absolute Gasteiger partial charge is 0.338 e. The van der Waals surface area contributed by atoms with Crippen LogP contribution in [0.4, 0.5) is 0 Å². The van der Waals surface area contributed by atoms with Gasteiger partial charge in [0.05, 0.1) is 25.9 Å². The second-order valence-electron chi connectivity index (χ2n) is 4.05. The van der Waals surface area contributed by atoms with Gasteiger partial charge in [0.2, 0.25) is 0 Å². The lowest BCUT2D eigenvalue weighted by molar-refractivity contribution is -0.143. The third-order valence-corrected chi connectivity index (χ3v) is 2.71. The van der Waals surface area contributed by atoms with Gasteiger partial charge in [-0.2, -0.15) is 0 Å². The quantitative estimate of drug-likeness (QED) is 0.717. The fourth-order valence-electron chi connectivity index (χ4n) is 1.78. The minimum absolute atomic E-state index is 0.216. The lowest BCUT2D eigenvalue weighted by Crippen LogP contribution is -2.11. The molecule has 0 spiro atoms. The molecule has 0 atom stereocenters. The van der Waals surface area contributed by atoms with E-state index in [2.05, 4.69) is 0 Å². The topological polar surface area (TPSA) is 61.8 Å². The summed E-state index contributed by atoms with van der Waals surface area (Å²) in [5.41, 5.74) is 1.17. The normalized spacial score (nSPS) is 9.95. The summed E-state index contributed by atoms with van der Waals surface area (Å²) in [6.45, 7) is 4.16. The standard InChI is InChI=1S/C15H20O5/c1-4-19-14(16)9-6-11-10-12(18-3)7-8-13(11)15(17)20-5-2/h7-8,10H,4-6,9H2,1-3H3. The van der Waals surface area contributed by atoms with Gasteiger partial charge in [-0.25, -0.2) is 4.79 Å². The van der Waals surface area contributed by atoms with E-state index >= 15 is 0 Å². The minimum atomic E-state index is -0.394. The van der Waals surface area contributed by atoms with Crippen LogP contribution < -0.4 is 4.74 Å². The van der Waals surface area contributed by atoms with Crippen molar-refractivity contribution < 1.29 is 23.8 Å². The summed E-state index contributed by atoms with van der Waals surface area (Å²) in [6, 6.07) is 5.09. The summed E-state index contributed by atoms with van der Waals surface area (Å²) < 4.78 is 15.0. The molecule has 0 radical (unpaired) electrons. The number of aryl methyl sites for hydroxylation is 1. The Bertz CT molecular complexity index is 467. The van der Waals surface area contributed by atoms with E-state index in [0.29, 0.717) is 30.9 Å². The Morgan fingerprint density at radius 1 is 1.10 bits per heavy atom. The van der Waals surface area contributed by atoms with E-state index in [1.807, 2.05) is 0 Å². The lowest BCUT2D eigenvalue weighted by atomic mass is 10.0. The maximum Gasteiger partial charge on any atom is 0.338 e. The Kier molecular flexibility index (Phi) is 6.56. The van der Waals surface area contributed by atoms with Crippen molar-refractivity contribution in [1.82, 2.24) is 0 Å². The molecular weight excluding hydrogens is 260 g/mol. The first-order chi connectivity index (χ1) is 9.62. The third kappa shape index (κ3) is 4.57. The van der Waals surface area contributed by atoms with E-state index in [9.17, 15) is 9.59 Å². The van der Waals surface area contributed by atoms with Crippen LogP contribution in [0.5, 0.6) is 5.75 Å². The van der Waals surface area contributed by atoms with E-state index in [4.69, 9.17) is 14.2 Å². The second kappa shape index (κ2) is 8.19. The first kappa shape index (κ1) is 16.0. The zero-order chi connectivity index (χ0) is 15.0. The molecule has 5 heteroatoms. The van der Waals surface area contributed by atoms with Gasteiger partial charge >= 0.3 is 11.9 Å². The van der Waals surface area contributed by atoms with Gasteiger partial charge in [0, 0.05) is 6.42 Å². The molecule has 0 unspecified atom stereocenters. The molecular formula is C15H20O5. The van der Waals surface area contributed by atoms with E-state index in [1.165, 1.54) is 0 Å². The SMILES string of the molecule is CCOC(=O)CCc1cc(OC)ccc1C(=O)OCC. The first-order valence-corrected chi connectivity index (χ1v) is 6.62. The van der Waals surface area contributed by atoms with Crippen molar-refractivity contribution in [1.29, 1.82) is 0 Å². The highest BCUT2D eigenvalue weighted by atomic mass is 16.5. The van der Waals surface area contributed by atoms with Crippen LogP contribution in [0.15, 0.2) is 18.2 Å². The van der Waals surface area contributed by atoms with Gasteiger partial charge in [0.25, 0.3) is 0 Å². The molecule has 20 heavy (non-hydrogen) atoms. The molecule has 0 saturated heterocycles. The highest BCUT2D eigenvalue weighted by Crippen LogP contribution is 2.20. The van der Waals surface area contributed by atoms with E-state index in [-0.39, 0.29) is 12.4 Å². The third-order valence-electron chi connectivity index (χ3n) is 2.71. The fourth-order valence-corrected chi connectivity index (χ4v) is 1.78. The van der Waals surface area contributed by atoms with Crippen molar-refractivity contribution in [2.24, 2.45) is 0 Å². The van der Waals surface area contributed by atoms with Crippen LogP contribution in [-0.2, 0) is 20.7 Å². The van der Waals surface area contributed by atoms with E-state index in [0.717, 1.165) is 5.56 Å². The van der Waals surface area contributed by atoms with Gasteiger partial charge < -0.3 is 14.2 Å². The van der Waals surface area contributed by atoms with Crippen LogP contribution >= 0.6 is 0 Å². The van der Waals surface area contributed by atoms with Crippen molar-refractivity contribution in [3.63, 3.8) is 0 Å². The fraction of sp³-hybridized carbons (Fsp3) is 0.467. The van der Waals surface area contributed by atoms with Crippen molar-refractivity contribution in [2.75, 3.05) is 20.3 Å². The maximum absolute atomic E-state index is 11.9. The highest BCUT2D eigenvalue weighted by molar-refractivity contribution is 5.91. The largest absolute Gasteiger partial charge is 0.497 e. The van der Waals surface area contributed by atoms with Crippen LogP contribution in [0.25, 0.3) is 0 Å². The molecule has 1 rings (SSSR count). The summed E-state index contributed by atoms with van der Waals surface area (Å²) in [5, 5.41) is 0. The molecule has 0 aliphatic rings. The molecule has 0 amide bonds. The number of benzene rings is 1. The number of hydrogen-bond donors (Lipinski definition) is 0. The molecule has 0 aliphatic heterocycles. The summed E-state index contributed by atoms with van der Waals surface area (Å²) in [4.78, 5) is 23.3. The molecule has 5 nitrogen and oxygen atoms in total. The van der Waals surface area contributed by atoms with Crippen LogP contribution in [0.3, 0.4) is 0 Å². The Morgan fingerprint density at radius 3 is 2.40 bits per heavy atom. The van der Waals surface area contributed by atoms with Gasteiger partial charge in [-0.1, -0.05) is 0 Å². The zero-order valence-corrected chi connectivity index (χ0v) is 12.1. The van der Waals surface area contributed by atoms with Crippen molar-refractivity contribution >= 4 is 11.9 Å². The van der Waals surface area contributed by atoms with Crippen molar-refractivity contribution in [3.8, 4) is 5.75 Å². The van der Waals surface area contributed by atoms with Crippen LogP contribution in [-0.4, -0.2) is 32.3 Å². The minimum Gasteiger partial charge on any atom is -0.497 e. The Labute approximate surface area is 118 Å². The van der Waals surface area contributed by atoms with Crippen molar-refractivity contribution in [2.45, 2.75) is 26.7 Å². The average Bonchev–Trinajstić information content (AvgIpc) is 2.45. The molecule has 1 aromatic carbocycles. The predicted octanol–water partition coefficient (Wildman–Crippen LogP) is 2.37. The summed E-state index contributed by atoms with van der Waals surface area (Å²) >= 11 is 0. The predicted molar refractivity (Wildman–Crippen MR) is 73.9 cm³/mol. The molecule has 0 aliphatic carbocycles. The summed E-state index contributed by atoms with van der Waals surface area (Å²) in [7, 11) is 1.55. The van der Waals surface area contributed by atoms with Crippen molar-refractivity contribution in [3.05, 3.63) is 29.3 Å². The molecule has 0 bridgehead atoms. The summed E-state index contributed by atoms with van der Waals surface area (Å²) in [6.07, 6.45) is 0.623. The van der Waals surface area contributed by atoms with Crippen LogP contribution in [0.1, 0.15) is 36.2 Å². The molecule has 0 aromatic heterocycles. The molecule has 0 saturated carbocycles. The number of carbonyl (C=O) groups excluding carboxylic acids is 2. The van der Waals surface area contributed by atoms with Gasteiger partial charge in [0.1, 0.15) is 5.75 Å². The first-order valence-electron chi connectivity index (χ1n) is 6.62.